The summed E-state index contributed by atoms with van der Waals surface area (Å²) in [5, 5.41) is 13.2. The van der Waals surface area contributed by atoms with E-state index in [1.54, 1.807) is 45.0 Å². The Balaban J connectivity index is 1.73. The fourth-order valence-corrected chi connectivity index (χ4v) is 3.71. The predicted molar refractivity (Wildman–Crippen MR) is 109 cm³/mol. The Bertz CT molecular complexity index is 810. The van der Waals surface area contributed by atoms with Gasteiger partial charge in [0.05, 0.1) is 24.3 Å². The highest BCUT2D eigenvalue weighted by Crippen LogP contribution is 2.45. The lowest BCUT2D eigenvalue weighted by Crippen LogP contribution is -2.57. The molecule has 1 aliphatic carbocycles. The molecule has 8 nitrogen and oxygen atoms in total. The third-order valence-electron chi connectivity index (χ3n) is 5.48. The van der Waals surface area contributed by atoms with Gasteiger partial charge in [0.15, 0.2) is 0 Å². The van der Waals surface area contributed by atoms with Gasteiger partial charge >= 0.3 is 12.1 Å². The van der Waals surface area contributed by atoms with Crippen molar-refractivity contribution in [3.05, 3.63) is 35.4 Å². The van der Waals surface area contributed by atoms with Crippen molar-refractivity contribution in [2.45, 2.75) is 69.7 Å². The molecule has 0 bridgehead atoms. The van der Waals surface area contributed by atoms with Crippen molar-refractivity contribution in [3.63, 3.8) is 0 Å². The molecule has 164 valence electrons. The van der Waals surface area contributed by atoms with Gasteiger partial charge < -0.3 is 19.9 Å². The molecule has 1 aromatic carbocycles. The Labute approximate surface area is 176 Å². The van der Waals surface area contributed by atoms with Crippen LogP contribution in [0.3, 0.4) is 0 Å². The Morgan fingerprint density at radius 3 is 2.33 bits per heavy atom. The van der Waals surface area contributed by atoms with E-state index in [9.17, 15) is 19.5 Å². The molecule has 30 heavy (non-hydrogen) atoms. The Morgan fingerprint density at radius 2 is 1.80 bits per heavy atom. The highest BCUT2D eigenvalue weighted by Gasteiger charge is 2.48. The Morgan fingerprint density at radius 1 is 1.17 bits per heavy atom. The fourth-order valence-electron chi connectivity index (χ4n) is 3.71. The maximum atomic E-state index is 13.1. The van der Waals surface area contributed by atoms with Crippen LogP contribution in [0.1, 0.15) is 62.4 Å². The average Bonchev–Trinajstić information content (AvgIpc) is 3.46. The Kier molecular flexibility index (Phi) is 6.08. The minimum Gasteiger partial charge on any atom is -0.465 e. The first-order valence-electron chi connectivity index (χ1n) is 10.2. The highest BCUT2D eigenvalue weighted by atomic mass is 16.6. The zero-order valence-electron chi connectivity index (χ0n) is 17.9. The lowest BCUT2D eigenvalue weighted by molar-refractivity contribution is -0.130. The summed E-state index contributed by atoms with van der Waals surface area (Å²) < 4.78 is 10.2. The van der Waals surface area contributed by atoms with E-state index < -0.39 is 35.3 Å². The molecule has 2 aliphatic rings. The van der Waals surface area contributed by atoms with Gasteiger partial charge in [-0.25, -0.2) is 9.59 Å². The number of esters is 1. The summed E-state index contributed by atoms with van der Waals surface area (Å²) in [6, 6.07) is 6.16. The van der Waals surface area contributed by atoms with Crippen LogP contribution in [0.5, 0.6) is 0 Å². The largest absolute Gasteiger partial charge is 0.465 e. The van der Waals surface area contributed by atoms with Crippen molar-refractivity contribution in [3.8, 4) is 0 Å². The van der Waals surface area contributed by atoms with Crippen LogP contribution in [0.25, 0.3) is 0 Å². The Hall–Kier alpha value is -2.61. The summed E-state index contributed by atoms with van der Waals surface area (Å²) >= 11 is 0. The van der Waals surface area contributed by atoms with Gasteiger partial charge in [0.25, 0.3) is 0 Å². The van der Waals surface area contributed by atoms with E-state index in [0.717, 1.165) is 18.4 Å². The average molecular weight is 418 g/mol. The summed E-state index contributed by atoms with van der Waals surface area (Å²) in [5.41, 5.74) is 0.139. The molecule has 2 amide bonds. The molecule has 2 N–H and O–H groups in total. The minimum absolute atomic E-state index is 0.169. The molecule has 2 fully saturated rings. The van der Waals surface area contributed by atoms with Gasteiger partial charge in [-0.1, -0.05) is 12.1 Å². The molecule has 1 saturated heterocycles. The maximum absolute atomic E-state index is 13.1. The van der Waals surface area contributed by atoms with Gasteiger partial charge in [0.2, 0.25) is 5.91 Å². The van der Waals surface area contributed by atoms with Crippen LogP contribution in [0.4, 0.5) is 4.79 Å². The second kappa shape index (κ2) is 8.26. The first-order chi connectivity index (χ1) is 14.0. The molecule has 2 unspecified atom stereocenters. The highest BCUT2D eigenvalue weighted by molar-refractivity contribution is 5.89. The first-order valence-corrected chi connectivity index (χ1v) is 10.2. The first kappa shape index (κ1) is 22.1. The second-order valence-electron chi connectivity index (χ2n) is 9.01. The van der Waals surface area contributed by atoms with E-state index in [-0.39, 0.29) is 18.9 Å². The number of piperidine rings is 1. The van der Waals surface area contributed by atoms with E-state index in [0.29, 0.717) is 12.0 Å². The number of aliphatic hydroxyl groups excluding tert-OH is 1. The number of aliphatic hydroxyl groups is 1. The van der Waals surface area contributed by atoms with Crippen molar-refractivity contribution in [1.82, 2.24) is 10.2 Å². The number of ether oxygens (including phenoxy) is 2. The van der Waals surface area contributed by atoms with E-state index in [4.69, 9.17) is 9.47 Å². The number of benzene rings is 1. The van der Waals surface area contributed by atoms with Gasteiger partial charge in [-0.05, 0) is 57.7 Å². The van der Waals surface area contributed by atoms with Gasteiger partial charge in [-0.3, -0.25) is 9.69 Å². The van der Waals surface area contributed by atoms with Crippen molar-refractivity contribution in [1.29, 1.82) is 0 Å². The number of hydrogen-bond donors (Lipinski definition) is 2. The monoisotopic (exact) mass is 418 g/mol. The molecule has 0 spiro atoms. The number of carbonyl (C=O) groups is 3. The van der Waals surface area contributed by atoms with Crippen LogP contribution in [0, 0.1) is 0 Å². The van der Waals surface area contributed by atoms with Gasteiger partial charge in [0.1, 0.15) is 11.6 Å². The second-order valence-corrected chi connectivity index (χ2v) is 9.01. The molecule has 0 radical (unpaired) electrons. The van der Waals surface area contributed by atoms with Crippen LogP contribution in [0.2, 0.25) is 0 Å². The molecule has 3 rings (SSSR count). The normalized spacial score (nSPS) is 22.8. The van der Waals surface area contributed by atoms with Gasteiger partial charge in [-0.2, -0.15) is 0 Å². The van der Waals surface area contributed by atoms with Crippen LogP contribution < -0.4 is 5.32 Å². The van der Waals surface area contributed by atoms with E-state index in [1.165, 1.54) is 12.0 Å². The smallest absolute Gasteiger partial charge is 0.410 e. The molecule has 1 heterocycles. The molecular formula is C22H30N2O6. The molecule has 1 aliphatic heterocycles. The lowest BCUT2D eigenvalue weighted by atomic mass is 9.97. The molecule has 0 aromatic heterocycles. The van der Waals surface area contributed by atoms with E-state index >= 15 is 0 Å². The summed E-state index contributed by atoms with van der Waals surface area (Å²) in [4.78, 5) is 38.8. The summed E-state index contributed by atoms with van der Waals surface area (Å²) in [6.45, 7) is 5.58. The quantitative estimate of drug-likeness (QED) is 0.727. The van der Waals surface area contributed by atoms with Crippen LogP contribution in [-0.2, 0) is 19.8 Å². The minimum atomic E-state index is -0.796. The number of hydrogen-bond acceptors (Lipinski definition) is 6. The van der Waals surface area contributed by atoms with Crippen molar-refractivity contribution < 1.29 is 29.0 Å². The number of methoxy groups -OCH3 is 1. The van der Waals surface area contributed by atoms with Crippen molar-refractivity contribution in [2.75, 3.05) is 13.7 Å². The zero-order valence-corrected chi connectivity index (χ0v) is 17.9. The van der Waals surface area contributed by atoms with Crippen molar-refractivity contribution in [2.24, 2.45) is 0 Å². The van der Waals surface area contributed by atoms with Gasteiger partial charge in [-0.15, -0.1) is 0 Å². The zero-order chi connectivity index (χ0) is 22.1. The number of nitrogens with zero attached hydrogens (tertiary/aromatic N) is 1. The standard InChI is InChI=1S/C22H30N2O6/c1-21(2,3)30-20(28)24-12-9-16(25)13-17(24)18(26)23-22(10-11-22)15-7-5-14(6-8-15)19(27)29-4/h5-8,16-17,25H,9-13H2,1-4H3,(H,23,26). The number of amides is 2. The SMILES string of the molecule is COC(=O)c1ccc(C2(NC(=O)C3CC(O)CCN3C(=O)OC(C)(C)C)CC2)cc1. The lowest BCUT2D eigenvalue weighted by Gasteiger charge is -2.38. The molecule has 8 heteroatoms. The number of likely N-dealkylation sites (tertiary alicyclic amines) is 1. The third-order valence-corrected chi connectivity index (χ3v) is 5.48. The van der Waals surface area contributed by atoms with Crippen LogP contribution >= 0.6 is 0 Å². The molecule has 2 atom stereocenters. The van der Waals surface area contributed by atoms with E-state index in [2.05, 4.69) is 5.32 Å². The molecule has 1 saturated carbocycles. The predicted octanol–water partition coefficient (Wildman–Crippen LogP) is 2.34. The number of carbonyl (C=O) groups excluding carboxylic acids is 3. The fraction of sp³-hybridized carbons (Fsp3) is 0.591. The van der Waals surface area contributed by atoms with Crippen LogP contribution in [-0.4, -0.2) is 59.4 Å². The molecule has 1 aromatic rings. The summed E-state index contributed by atoms with van der Waals surface area (Å²) in [6.07, 6.45) is 0.900. The summed E-state index contributed by atoms with van der Waals surface area (Å²) in [7, 11) is 1.33. The summed E-state index contributed by atoms with van der Waals surface area (Å²) in [5.74, 6) is -0.728. The number of rotatable bonds is 4. The van der Waals surface area contributed by atoms with Crippen LogP contribution in [0.15, 0.2) is 24.3 Å². The van der Waals surface area contributed by atoms with Gasteiger partial charge in [0, 0.05) is 13.0 Å². The number of nitrogens with one attached hydrogen (secondary N) is 1. The topological polar surface area (TPSA) is 105 Å². The molecular weight excluding hydrogens is 388 g/mol. The van der Waals surface area contributed by atoms with Crippen molar-refractivity contribution >= 4 is 18.0 Å². The third kappa shape index (κ3) is 4.92. The maximum Gasteiger partial charge on any atom is 0.410 e. The van der Waals surface area contributed by atoms with E-state index in [1.807, 2.05) is 0 Å².